The number of hydrogen-bond donors (Lipinski definition) is 2. The van der Waals surface area contributed by atoms with Gasteiger partial charge in [-0.1, -0.05) is 30.3 Å². The third-order valence-corrected chi connectivity index (χ3v) is 3.71. The van der Waals surface area contributed by atoms with Gasteiger partial charge in [0.1, 0.15) is 0 Å². The summed E-state index contributed by atoms with van der Waals surface area (Å²) >= 11 is 0. The fourth-order valence-electron chi connectivity index (χ4n) is 2.60. The summed E-state index contributed by atoms with van der Waals surface area (Å²) in [6.07, 6.45) is 1.89. The maximum atomic E-state index is 12.6. The second kappa shape index (κ2) is 7.62. The molecule has 1 aromatic carbocycles. The second-order valence-electron chi connectivity index (χ2n) is 5.30. The molecule has 1 aromatic rings. The fourth-order valence-corrected chi connectivity index (χ4v) is 2.60. The molecule has 112 valence electrons. The summed E-state index contributed by atoms with van der Waals surface area (Å²) in [4.78, 5) is 14.4. The molecule has 0 aliphatic carbocycles. The van der Waals surface area contributed by atoms with Crippen LogP contribution in [0.3, 0.4) is 0 Å². The van der Waals surface area contributed by atoms with Gasteiger partial charge in [0.15, 0.2) is 0 Å². The van der Waals surface area contributed by atoms with E-state index in [-0.39, 0.29) is 24.9 Å². The van der Waals surface area contributed by atoms with E-state index in [4.69, 9.17) is 0 Å². The molecular weight excluding hydrogens is 276 g/mol. The average Bonchev–Trinajstić information content (AvgIpc) is 2.87. The Morgan fingerprint density at radius 1 is 1.40 bits per heavy atom. The Bertz CT molecular complexity index is 419. The van der Waals surface area contributed by atoms with E-state index >= 15 is 0 Å². The number of nitrogens with zero attached hydrogens (tertiary/aromatic N) is 1. The van der Waals surface area contributed by atoms with Gasteiger partial charge in [-0.2, -0.15) is 0 Å². The number of aliphatic hydroxyl groups is 1. The topological polar surface area (TPSA) is 52.6 Å². The number of amides is 1. The van der Waals surface area contributed by atoms with Gasteiger partial charge in [-0.15, -0.1) is 12.4 Å². The van der Waals surface area contributed by atoms with Crippen LogP contribution in [-0.4, -0.2) is 41.1 Å². The summed E-state index contributed by atoms with van der Waals surface area (Å²) in [6, 6.07) is 9.89. The predicted molar refractivity (Wildman–Crippen MR) is 81.8 cm³/mol. The normalized spacial score (nSPS) is 21.3. The van der Waals surface area contributed by atoms with E-state index in [1.807, 2.05) is 37.3 Å². The maximum Gasteiger partial charge on any atom is 0.242 e. The van der Waals surface area contributed by atoms with E-state index in [0.717, 1.165) is 24.9 Å². The van der Waals surface area contributed by atoms with Crippen molar-refractivity contribution < 1.29 is 9.90 Å². The van der Waals surface area contributed by atoms with Crippen LogP contribution in [0.15, 0.2) is 30.3 Å². The first-order chi connectivity index (χ1) is 9.15. The molecule has 5 heteroatoms. The summed E-state index contributed by atoms with van der Waals surface area (Å²) in [6.45, 7) is 3.77. The van der Waals surface area contributed by atoms with Crippen LogP contribution in [0.2, 0.25) is 0 Å². The number of hydrogen-bond acceptors (Lipinski definition) is 3. The molecule has 0 radical (unpaired) electrons. The first kappa shape index (κ1) is 17.0. The van der Waals surface area contributed by atoms with Gasteiger partial charge in [0, 0.05) is 13.1 Å². The number of carbonyl (C=O) groups excluding carboxylic acids is 1. The molecular formula is C15H23ClN2O2. The van der Waals surface area contributed by atoms with Crippen LogP contribution in [0.4, 0.5) is 0 Å². The third kappa shape index (κ3) is 3.95. The van der Waals surface area contributed by atoms with Crippen LogP contribution in [0.5, 0.6) is 0 Å². The zero-order chi connectivity index (χ0) is 13.7. The van der Waals surface area contributed by atoms with E-state index in [1.54, 1.807) is 4.90 Å². The van der Waals surface area contributed by atoms with Gasteiger partial charge in [0.25, 0.3) is 0 Å². The van der Waals surface area contributed by atoms with Crippen LogP contribution in [0, 0.1) is 0 Å². The lowest BCUT2D eigenvalue weighted by Gasteiger charge is -2.31. The molecule has 1 fully saturated rings. The summed E-state index contributed by atoms with van der Waals surface area (Å²) in [5.41, 5.74) is 0.620. The smallest absolute Gasteiger partial charge is 0.242 e. The summed E-state index contributed by atoms with van der Waals surface area (Å²) in [7, 11) is 0. The van der Waals surface area contributed by atoms with Crippen molar-refractivity contribution in [3.05, 3.63) is 35.9 Å². The summed E-state index contributed by atoms with van der Waals surface area (Å²) in [5.74, 6) is 0.0860. The highest BCUT2D eigenvalue weighted by molar-refractivity contribution is 5.86. The Balaban J connectivity index is 0.00000200. The van der Waals surface area contributed by atoms with Crippen molar-refractivity contribution in [2.24, 2.45) is 0 Å². The van der Waals surface area contributed by atoms with Gasteiger partial charge in [0.2, 0.25) is 5.91 Å². The quantitative estimate of drug-likeness (QED) is 0.868. The van der Waals surface area contributed by atoms with Gasteiger partial charge in [-0.05, 0) is 31.9 Å². The Kier molecular flexibility index (Phi) is 6.46. The Morgan fingerprint density at radius 2 is 2.10 bits per heavy atom. The standard InChI is InChI=1S/C15H22N2O2.ClH/c1-15(8-5-9-16-15)14(19)17(10-11-18)12-13-6-3-2-4-7-13;/h2-4,6-7,16,18H,5,8-12H2,1H3;1H. The molecule has 4 nitrogen and oxygen atoms in total. The van der Waals surface area contributed by atoms with Crippen LogP contribution in [0.1, 0.15) is 25.3 Å². The minimum absolute atomic E-state index is 0. The highest BCUT2D eigenvalue weighted by atomic mass is 35.5. The molecule has 1 saturated heterocycles. The molecule has 0 spiro atoms. The van der Waals surface area contributed by atoms with E-state index in [9.17, 15) is 9.90 Å². The van der Waals surface area contributed by atoms with Gasteiger partial charge in [-0.3, -0.25) is 4.79 Å². The van der Waals surface area contributed by atoms with Crippen LogP contribution in [0.25, 0.3) is 0 Å². The van der Waals surface area contributed by atoms with Crippen molar-refractivity contribution in [3.63, 3.8) is 0 Å². The molecule has 2 rings (SSSR count). The van der Waals surface area contributed by atoms with Crippen molar-refractivity contribution >= 4 is 18.3 Å². The molecule has 20 heavy (non-hydrogen) atoms. The largest absolute Gasteiger partial charge is 0.395 e. The number of benzene rings is 1. The lowest BCUT2D eigenvalue weighted by molar-refractivity contribution is -0.138. The van der Waals surface area contributed by atoms with E-state index < -0.39 is 5.54 Å². The van der Waals surface area contributed by atoms with Gasteiger partial charge >= 0.3 is 0 Å². The van der Waals surface area contributed by atoms with Crippen molar-refractivity contribution in [2.45, 2.75) is 31.8 Å². The zero-order valence-corrected chi connectivity index (χ0v) is 12.7. The molecule has 0 saturated carbocycles. The highest BCUT2D eigenvalue weighted by Crippen LogP contribution is 2.22. The van der Waals surface area contributed by atoms with Crippen LogP contribution < -0.4 is 5.32 Å². The molecule has 1 aliphatic rings. The minimum Gasteiger partial charge on any atom is -0.395 e. The van der Waals surface area contributed by atoms with E-state index in [1.165, 1.54) is 0 Å². The fraction of sp³-hybridized carbons (Fsp3) is 0.533. The van der Waals surface area contributed by atoms with E-state index in [2.05, 4.69) is 5.32 Å². The first-order valence-corrected chi connectivity index (χ1v) is 6.85. The molecule has 1 atom stereocenters. The second-order valence-corrected chi connectivity index (χ2v) is 5.30. The first-order valence-electron chi connectivity index (χ1n) is 6.85. The Hall–Kier alpha value is -1.10. The van der Waals surface area contributed by atoms with Crippen molar-refractivity contribution in [3.8, 4) is 0 Å². The average molecular weight is 299 g/mol. The van der Waals surface area contributed by atoms with Gasteiger partial charge in [0.05, 0.1) is 12.1 Å². The number of rotatable bonds is 5. The number of nitrogens with one attached hydrogen (secondary N) is 1. The maximum absolute atomic E-state index is 12.6. The highest BCUT2D eigenvalue weighted by Gasteiger charge is 2.38. The molecule has 1 unspecified atom stereocenters. The predicted octanol–water partition coefficient (Wildman–Crippen LogP) is 1.57. The summed E-state index contributed by atoms with van der Waals surface area (Å²) in [5, 5.41) is 12.5. The molecule has 1 amide bonds. The van der Waals surface area contributed by atoms with Crippen molar-refractivity contribution in [1.29, 1.82) is 0 Å². The number of carbonyl (C=O) groups is 1. The zero-order valence-electron chi connectivity index (χ0n) is 11.8. The van der Waals surface area contributed by atoms with Gasteiger partial charge in [-0.25, -0.2) is 0 Å². The lowest BCUT2D eigenvalue weighted by Crippen LogP contribution is -2.53. The molecule has 2 N–H and O–H groups in total. The Labute approximate surface area is 126 Å². The van der Waals surface area contributed by atoms with Crippen LogP contribution in [-0.2, 0) is 11.3 Å². The van der Waals surface area contributed by atoms with Crippen molar-refractivity contribution in [1.82, 2.24) is 10.2 Å². The SMILES string of the molecule is CC1(C(=O)N(CCO)Cc2ccccc2)CCCN1.Cl. The minimum atomic E-state index is -0.468. The molecule has 1 aliphatic heterocycles. The van der Waals surface area contributed by atoms with Crippen LogP contribution >= 0.6 is 12.4 Å². The monoisotopic (exact) mass is 298 g/mol. The number of halogens is 1. The molecule has 1 heterocycles. The summed E-state index contributed by atoms with van der Waals surface area (Å²) < 4.78 is 0. The van der Waals surface area contributed by atoms with Gasteiger partial charge < -0.3 is 15.3 Å². The molecule has 0 bridgehead atoms. The Morgan fingerprint density at radius 3 is 2.65 bits per heavy atom. The van der Waals surface area contributed by atoms with E-state index in [0.29, 0.717) is 13.1 Å². The van der Waals surface area contributed by atoms with Crippen molar-refractivity contribution in [2.75, 3.05) is 19.7 Å². The third-order valence-electron chi connectivity index (χ3n) is 3.71. The lowest BCUT2D eigenvalue weighted by atomic mass is 9.98. The molecule has 0 aromatic heterocycles. The number of aliphatic hydroxyl groups excluding tert-OH is 1.